The molecule has 0 aliphatic heterocycles. The average Bonchev–Trinajstić information content (AvgIpc) is 3.36. The molecule has 6 heteroatoms. The van der Waals surface area contributed by atoms with Gasteiger partial charge in [-0.15, -0.1) is 13.2 Å². The number of methoxy groups -OCH3 is 1. The van der Waals surface area contributed by atoms with Crippen molar-refractivity contribution in [3.05, 3.63) is 84.6 Å². The molecule has 0 atom stereocenters. The molecule has 0 spiro atoms. The van der Waals surface area contributed by atoms with E-state index in [0.717, 1.165) is 67.9 Å². The highest BCUT2D eigenvalue weighted by atomic mass is 16.5. The van der Waals surface area contributed by atoms with Crippen molar-refractivity contribution in [2.75, 3.05) is 27.2 Å². The summed E-state index contributed by atoms with van der Waals surface area (Å²) in [6, 6.07) is 4.45. The number of aromatic nitrogens is 2. The largest absolute Gasteiger partial charge is 0.501 e. The van der Waals surface area contributed by atoms with E-state index in [2.05, 4.69) is 59.6 Å². The minimum absolute atomic E-state index is 0.717. The van der Waals surface area contributed by atoms with Crippen molar-refractivity contribution in [2.45, 2.75) is 51.4 Å². The van der Waals surface area contributed by atoms with Crippen LogP contribution in [0.3, 0.4) is 0 Å². The van der Waals surface area contributed by atoms with Crippen LogP contribution in [0.5, 0.6) is 0 Å². The van der Waals surface area contributed by atoms with Crippen LogP contribution in [0.4, 0.5) is 0 Å². The quantitative estimate of drug-likeness (QED) is 0.321. The summed E-state index contributed by atoms with van der Waals surface area (Å²) in [4.78, 5) is 9.72. The van der Waals surface area contributed by atoms with Crippen molar-refractivity contribution in [3.8, 4) is 0 Å². The number of fused-ring (bicyclic) bond motifs is 1. The number of aliphatic imine (C=N–C) groups is 1. The van der Waals surface area contributed by atoms with Gasteiger partial charge in [0.05, 0.1) is 19.4 Å². The van der Waals surface area contributed by atoms with Crippen LogP contribution in [-0.2, 0) is 11.2 Å². The lowest BCUT2D eigenvalue weighted by Gasteiger charge is -2.19. The van der Waals surface area contributed by atoms with E-state index >= 15 is 0 Å². The number of nitrogens with one attached hydrogen (secondary N) is 1. The number of hydrogen-bond acceptors (Lipinski definition) is 5. The molecule has 2 aromatic rings. The van der Waals surface area contributed by atoms with Gasteiger partial charge in [-0.05, 0) is 87.5 Å². The van der Waals surface area contributed by atoms with Crippen molar-refractivity contribution in [2.24, 2.45) is 10.7 Å². The number of rotatable bonds is 10. The Morgan fingerprint density at radius 1 is 1.17 bits per heavy atom. The summed E-state index contributed by atoms with van der Waals surface area (Å²) in [5.74, 6) is 1.04. The maximum atomic E-state index is 6.01. The fraction of sp³-hybridized carbons (Fsp3) is 0.400. The Morgan fingerprint density at radius 2 is 2.03 bits per heavy atom. The van der Waals surface area contributed by atoms with Crippen molar-refractivity contribution in [3.63, 3.8) is 0 Å². The highest BCUT2D eigenvalue weighted by Crippen LogP contribution is 2.28. The molecule has 0 saturated carbocycles. The van der Waals surface area contributed by atoms with Gasteiger partial charge in [0.25, 0.3) is 0 Å². The van der Waals surface area contributed by atoms with Crippen molar-refractivity contribution in [1.29, 1.82) is 0 Å². The molecule has 2 heterocycles. The number of hydrogen-bond donors (Lipinski definition) is 2. The van der Waals surface area contributed by atoms with E-state index in [0.29, 0.717) is 0 Å². The van der Waals surface area contributed by atoms with E-state index in [1.807, 2.05) is 13.2 Å². The van der Waals surface area contributed by atoms with E-state index in [9.17, 15) is 0 Å². The minimum atomic E-state index is 0.717. The molecule has 36 heavy (non-hydrogen) atoms. The first kappa shape index (κ1) is 27.2. The number of nitrogens with zero attached hydrogens (tertiary/aromatic N) is 3. The molecule has 0 radical (unpaired) electrons. The molecule has 0 aromatic carbocycles. The summed E-state index contributed by atoms with van der Waals surface area (Å²) in [5.41, 5.74) is 13.0. The summed E-state index contributed by atoms with van der Waals surface area (Å²) < 4.78 is 7.52. The molecule has 0 unspecified atom stereocenters. The van der Waals surface area contributed by atoms with Crippen LogP contribution in [-0.4, -0.2) is 42.5 Å². The topological polar surface area (TPSA) is 77.5 Å². The second-order valence-corrected chi connectivity index (χ2v) is 9.04. The van der Waals surface area contributed by atoms with Gasteiger partial charge in [-0.2, -0.15) is 0 Å². The van der Waals surface area contributed by atoms with Gasteiger partial charge in [-0.3, -0.25) is 4.99 Å². The van der Waals surface area contributed by atoms with Gasteiger partial charge in [0.2, 0.25) is 0 Å². The van der Waals surface area contributed by atoms with Crippen LogP contribution in [0.1, 0.15) is 50.5 Å². The van der Waals surface area contributed by atoms with Gasteiger partial charge in [0.1, 0.15) is 5.65 Å². The Balaban J connectivity index is 0.00000176. The van der Waals surface area contributed by atoms with E-state index in [1.165, 1.54) is 41.5 Å². The van der Waals surface area contributed by atoms with Gasteiger partial charge < -0.3 is 20.4 Å². The maximum absolute atomic E-state index is 6.01. The molecule has 3 N–H and O–H groups in total. The van der Waals surface area contributed by atoms with Crippen molar-refractivity contribution in [1.82, 2.24) is 14.9 Å². The molecule has 192 valence electrons. The lowest BCUT2D eigenvalue weighted by Crippen LogP contribution is -2.13. The first-order valence-electron chi connectivity index (χ1n) is 12.9. The molecular formula is C30H41N5O. The summed E-state index contributed by atoms with van der Waals surface area (Å²) in [6.07, 6.45) is 20.7. The molecule has 2 aromatic heterocycles. The molecule has 2 aliphatic rings. The zero-order chi connectivity index (χ0) is 25.8. The fourth-order valence-corrected chi connectivity index (χ4v) is 4.64. The average molecular weight is 488 g/mol. The molecule has 4 rings (SSSR count). The van der Waals surface area contributed by atoms with Crippen LogP contribution < -0.4 is 11.1 Å². The van der Waals surface area contributed by atoms with Crippen molar-refractivity contribution < 1.29 is 4.74 Å². The van der Waals surface area contributed by atoms with Crippen LogP contribution in [0, 0.1) is 0 Å². The Morgan fingerprint density at radius 3 is 2.75 bits per heavy atom. The highest BCUT2D eigenvalue weighted by molar-refractivity contribution is 6.06. The van der Waals surface area contributed by atoms with Gasteiger partial charge >= 0.3 is 0 Å². The van der Waals surface area contributed by atoms with Crippen LogP contribution in [0.25, 0.3) is 16.7 Å². The fourth-order valence-electron chi connectivity index (χ4n) is 4.64. The Bertz CT molecular complexity index is 1170. The number of nitrogens with two attached hydrogens (primary N) is 1. The standard InChI is InChI=1S/C28H37N5O.C2H4/c1-30-14-5-3-4-6-22-16-23-13-15-33(28(23)32-20-22)25-9-12-27(24(17-25)18-29)31-19-21-7-10-26(34-2)11-8-21;1-2/h7,10,13,15-18,20,30H,3-6,8-9,11-12,14,19,29H2,1-2H3;1-2H2/b24-18-,31-27?;. The Kier molecular flexibility index (Phi) is 10.8. The predicted octanol–water partition coefficient (Wildman–Crippen LogP) is 5.94. The number of ether oxygens (including phenoxy) is 1. The Hall–Kier alpha value is -3.38. The maximum Gasteiger partial charge on any atom is 0.144 e. The SMILES string of the molecule is C=C.CNCCCCCc1cnc2c(ccn2C2=C/C(=C/N)C(=NCC3=CC=C(OC)CC3)CC2)c1. The lowest BCUT2D eigenvalue weighted by atomic mass is 9.97. The molecule has 2 aliphatic carbocycles. The Labute approximate surface area is 216 Å². The van der Waals surface area contributed by atoms with Crippen LogP contribution in [0.15, 0.2) is 84.0 Å². The van der Waals surface area contributed by atoms with Gasteiger partial charge in [0, 0.05) is 47.4 Å². The van der Waals surface area contributed by atoms with Gasteiger partial charge in [0.15, 0.2) is 0 Å². The van der Waals surface area contributed by atoms with E-state index < -0.39 is 0 Å². The second-order valence-electron chi connectivity index (χ2n) is 9.04. The third-order valence-corrected chi connectivity index (χ3v) is 6.67. The van der Waals surface area contributed by atoms with Crippen LogP contribution in [0.2, 0.25) is 0 Å². The third-order valence-electron chi connectivity index (χ3n) is 6.67. The van der Waals surface area contributed by atoms with E-state index in [-0.39, 0.29) is 0 Å². The zero-order valence-corrected chi connectivity index (χ0v) is 21.9. The minimum Gasteiger partial charge on any atom is -0.501 e. The number of unbranched alkanes of at least 4 members (excludes halogenated alkanes) is 2. The predicted molar refractivity (Wildman–Crippen MR) is 153 cm³/mol. The molecule has 6 nitrogen and oxygen atoms in total. The van der Waals surface area contributed by atoms with Crippen LogP contribution >= 0.6 is 0 Å². The summed E-state index contributed by atoms with van der Waals surface area (Å²) >= 11 is 0. The lowest BCUT2D eigenvalue weighted by molar-refractivity contribution is 0.275. The van der Waals surface area contributed by atoms with Crippen molar-refractivity contribution >= 4 is 22.4 Å². The number of pyridine rings is 1. The smallest absolute Gasteiger partial charge is 0.144 e. The first-order valence-corrected chi connectivity index (χ1v) is 12.9. The second kappa shape index (κ2) is 14.2. The first-order chi connectivity index (χ1) is 17.7. The van der Waals surface area contributed by atoms with E-state index in [1.54, 1.807) is 13.3 Å². The summed E-state index contributed by atoms with van der Waals surface area (Å²) in [7, 11) is 3.74. The zero-order valence-electron chi connectivity index (χ0n) is 21.9. The number of allylic oxidation sites excluding steroid dienone is 6. The summed E-state index contributed by atoms with van der Waals surface area (Å²) in [6.45, 7) is 7.81. The monoisotopic (exact) mass is 487 g/mol. The molecule has 0 bridgehead atoms. The molecule has 0 amide bonds. The normalized spacial score (nSPS) is 17.9. The molecular weight excluding hydrogens is 446 g/mol. The van der Waals surface area contributed by atoms with E-state index in [4.69, 9.17) is 20.4 Å². The number of aryl methyl sites for hydroxylation is 1. The third kappa shape index (κ3) is 7.08. The van der Waals surface area contributed by atoms with Gasteiger partial charge in [-0.25, -0.2) is 4.98 Å². The van der Waals surface area contributed by atoms with Gasteiger partial charge in [-0.1, -0.05) is 12.5 Å². The highest BCUT2D eigenvalue weighted by Gasteiger charge is 2.17. The molecule has 0 fully saturated rings. The molecule has 0 saturated heterocycles. The summed E-state index contributed by atoms with van der Waals surface area (Å²) in [5, 5.41) is 4.41.